The lowest BCUT2D eigenvalue weighted by molar-refractivity contribution is 0.0696. The fourth-order valence-electron chi connectivity index (χ4n) is 3.42. The molecule has 0 atom stereocenters. The Kier molecular flexibility index (Phi) is 6.05. The molecule has 3 N–H and O–H groups in total. The highest BCUT2D eigenvalue weighted by molar-refractivity contribution is 5.94. The third kappa shape index (κ3) is 5.92. The quantitative estimate of drug-likeness (QED) is 0.510. The summed E-state index contributed by atoms with van der Waals surface area (Å²) in [7, 11) is 0. The maximum absolute atomic E-state index is 12.5. The van der Waals surface area contributed by atoms with Crippen LogP contribution in [-0.4, -0.2) is 27.7 Å². The molecule has 0 bridgehead atoms. The molecule has 2 rings (SSSR count). The SMILES string of the molecule is Cc1ccc(C(=O)NC(C)(C)CC(C)(C)Cc2cc(C(=O)NO)no2)cc1. The average molecular weight is 373 g/mol. The normalized spacial score (nSPS) is 11.9. The van der Waals surface area contributed by atoms with Crippen LogP contribution in [0.2, 0.25) is 0 Å². The van der Waals surface area contributed by atoms with Crippen LogP contribution in [0.5, 0.6) is 0 Å². The van der Waals surface area contributed by atoms with Gasteiger partial charge in [-0.05, 0) is 44.7 Å². The fourth-order valence-corrected chi connectivity index (χ4v) is 3.42. The van der Waals surface area contributed by atoms with Gasteiger partial charge in [-0.25, -0.2) is 5.48 Å². The van der Waals surface area contributed by atoms with Crippen molar-refractivity contribution in [1.82, 2.24) is 16.0 Å². The maximum atomic E-state index is 12.5. The minimum Gasteiger partial charge on any atom is -0.361 e. The van der Waals surface area contributed by atoms with Gasteiger partial charge >= 0.3 is 0 Å². The zero-order valence-corrected chi connectivity index (χ0v) is 16.4. The van der Waals surface area contributed by atoms with E-state index in [1.54, 1.807) is 0 Å². The molecule has 0 aliphatic carbocycles. The first-order valence-corrected chi connectivity index (χ1v) is 8.81. The van der Waals surface area contributed by atoms with E-state index < -0.39 is 11.4 Å². The van der Waals surface area contributed by atoms with Crippen molar-refractivity contribution in [2.75, 3.05) is 0 Å². The monoisotopic (exact) mass is 373 g/mol. The molecular formula is C20H27N3O4. The lowest BCUT2D eigenvalue weighted by atomic mass is 9.77. The molecule has 0 fully saturated rings. The minimum atomic E-state index is -0.714. The van der Waals surface area contributed by atoms with Gasteiger partial charge in [0.1, 0.15) is 5.76 Å². The lowest BCUT2D eigenvalue weighted by Crippen LogP contribution is -2.46. The first-order valence-electron chi connectivity index (χ1n) is 8.81. The van der Waals surface area contributed by atoms with Crippen molar-refractivity contribution in [3.05, 3.63) is 52.9 Å². The van der Waals surface area contributed by atoms with Gasteiger partial charge in [0.05, 0.1) is 0 Å². The molecular weight excluding hydrogens is 346 g/mol. The first-order chi connectivity index (χ1) is 12.5. The molecule has 0 radical (unpaired) electrons. The number of hydroxylamine groups is 1. The van der Waals surface area contributed by atoms with Crippen molar-refractivity contribution >= 4 is 11.8 Å². The zero-order chi connectivity index (χ0) is 20.2. The number of aryl methyl sites for hydroxylation is 1. The molecule has 7 heteroatoms. The molecule has 0 saturated heterocycles. The smallest absolute Gasteiger partial charge is 0.296 e. The Morgan fingerprint density at radius 2 is 1.74 bits per heavy atom. The van der Waals surface area contributed by atoms with E-state index in [1.165, 1.54) is 11.5 Å². The molecule has 0 spiro atoms. The van der Waals surface area contributed by atoms with Crippen LogP contribution in [-0.2, 0) is 6.42 Å². The summed E-state index contributed by atoms with van der Waals surface area (Å²) in [5.41, 5.74) is 2.61. The molecule has 2 aromatic rings. The summed E-state index contributed by atoms with van der Waals surface area (Å²) in [6.45, 7) is 10.0. The molecule has 146 valence electrons. The van der Waals surface area contributed by atoms with Gasteiger partial charge in [0.25, 0.3) is 11.8 Å². The number of benzene rings is 1. The highest BCUT2D eigenvalue weighted by Crippen LogP contribution is 2.32. The molecule has 1 aromatic heterocycles. The van der Waals surface area contributed by atoms with Crippen molar-refractivity contribution in [1.29, 1.82) is 0 Å². The van der Waals surface area contributed by atoms with E-state index in [0.29, 0.717) is 24.2 Å². The van der Waals surface area contributed by atoms with E-state index in [1.807, 2.05) is 45.0 Å². The van der Waals surface area contributed by atoms with E-state index in [2.05, 4.69) is 24.3 Å². The lowest BCUT2D eigenvalue weighted by Gasteiger charge is -2.35. The second-order valence-electron chi connectivity index (χ2n) is 8.34. The number of amides is 2. The molecule has 0 saturated carbocycles. The average Bonchev–Trinajstić information content (AvgIpc) is 3.00. The standard InChI is InChI=1S/C20H27N3O4/c1-13-6-8-14(9-7-13)17(24)21-20(4,5)12-19(2,3)11-15-10-16(23-27-15)18(25)22-26/h6-10,26H,11-12H2,1-5H3,(H,21,24)(H,22,25). The second-order valence-corrected chi connectivity index (χ2v) is 8.34. The summed E-state index contributed by atoms with van der Waals surface area (Å²) in [5, 5.41) is 15.4. The zero-order valence-electron chi connectivity index (χ0n) is 16.4. The molecule has 0 unspecified atom stereocenters. The Hall–Kier alpha value is -2.67. The van der Waals surface area contributed by atoms with Gasteiger partial charge in [0, 0.05) is 23.6 Å². The number of carbonyl (C=O) groups is 2. The Labute approximate surface area is 159 Å². The highest BCUT2D eigenvalue weighted by atomic mass is 16.5. The first kappa shape index (κ1) is 20.6. The van der Waals surface area contributed by atoms with Crippen molar-refractivity contribution in [3.63, 3.8) is 0 Å². The Balaban J connectivity index is 2.01. The van der Waals surface area contributed by atoms with Gasteiger partial charge < -0.3 is 9.84 Å². The predicted octanol–water partition coefficient (Wildman–Crippen LogP) is 3.27. The van der Waals surface area contributed by atoms with Crippen molar-refractivity contribution in [2.45, 2.75) is 53.0 Å². The van der Waals surface area contributed by atoms with Crippen LogP contribution in [0.3, 0.4) is 0 Å². The van der Waals surface area contributed by atoms with E-state index in [0.717, 1.165) is 5.56 Å². The van der Waals surface area contributed by atoms with Gasteiger partial charge in [0.15, 0.2) is 5.69 Å². The van der Waals surface area contributed by atoms with Crippen LogP contribution in [0, 0.1) is 12.3 Å². The predicted molar refractivity (Wildman–Crippen MR) is 101 cm³/mol. The summed E-state index contributed by atoms with van der Waals surface area (Å²) >= 11 is 0. The Morgan fingerprint density at radius 1 is 1.11 bits per heavy atom. The summed E-state index contributed by atoms with van der Waals surface area (Å²) < 4.78 is 5.19. The van der Waals surface area contributed by atoms with Crippen LogP contribution in [0.15, 0.2) is 34.9 Å². The van der Waals surface area contributed by atoms with Gasteiger partial charge in [-0.15, -0.1) is 0 Å². The molecule has 1 heterocycles. The number of nitrogens with zero attached hydrogens (tertiary/aromatic N) is 1. The third-order valence-corrected chi connectivity index (χ3v) is 4.23. The number of aromatic nitrogens is 1. The maximum Gasteiger partial charge on any atom is 0.296 e. The number of carbonyl (C=O) groups excluding carboxylic acids is 2. The van der Waals surface area contributed by atoms with E-state index in [-0.39, 0.29) is 17.0 Å². The number of rotatable bonds is 7. The van der Waals surface area contributed by atoms with Gasteiger partial charge in [-0.1, -0.05) is 36.7 Å². The van der Waals surface area contributed by atoms with E-state index >= 15 is 0 Å². The molecule has 7 nitrogen and oxygen atoms in total. The molecule has 0 aliphatic rings. The largest absolute Gasteiger partial charge is 0.361 e. The fraction of sp³-hybridized carbons (Fsp3) is 0.450. The number of hydrogen-bond donors (Lipinski definition) is 3. The van der Waals surface area contributed by atoms with Gasteiger partial charge in [0.2, 0.25) is 0 Å². The van der Waals surface area contributed by atoms with Crippen LogP contribution >= 0.6 is 0 Å². The topological polar surface area (TPSA) is 104 Å². The Morgan fingerprint density at radius 3 is 2.33 bits per heavy atom. The van der Waals surface area contributed by atoms with Crippen LogP contribution in [0.4, 0.5) is 0 Å². The molecule has 27 heavy (non-hydrogen) atoms. The summed E-state index contributed by atoms with van der Waals surface area (Å²) in [4.78, 5) is 23.9. The van der Waals surface area contributed by atoms with Crippen molar-refractivity contribution in [3.8, 4) is 0 Å². The summed E-state index contributed by atoms with van der Waals surface area (Å²) in [6.07, 6.45) is 1.21. The Bertz CT molecular complexity index is 807. The van der Waals surface area contributed by atoms with E-state index in [9.17, 15) is 9.59 Å². The highest BCUT2D eigenvalue weighted by Gasteiger charge is 2.32. The van der Waals surface area contributed by atoms with E-state index in [4.69, 9.17) is 9.73 Å². The molecule has 2 amide bonds. The molecule has 1 aromatic carbocycles. The van der Waals surface area contributed by atoms with Gasteiger partial charge in [-0.2, -0.15) is 0 Å². The molecule has 0 aliphatic heterocycles. The minimum absolute atomic E-state index is 0.0234. The number of hydrogen-bond acceptors (Lipinski definition) is 5. The van der Waals surface area contributed by atoms with Crippen LogP contribution in [0.25, 0.3) is 0 Å². The van der Waals surface area contributed by atoms with Crippen LogP contribution < -0.4 is 10.8 Å². The summed E-state index contributed by atoms with van der Waals surface area (Å²) in [6, 6.07) is 8.96. The third-order valence-electron chi connectivity index (χ3n) is 4.23. The second kappa shape index (κ2) is 7.92. The summed E-state index contributed by atoms with van der Waals surface area (Å²) in [5.74, 6) is -0.287. The number of nitrogens with one attached hydrogen (secondary N) is 2. The van der Waals surface area contributed by atoms with Crippen molar-refractivity contribution in [2.24, 2.45) is 5.41 Å². The van der Waals surface area contributed by atoms with Crippen molar-refractivity contribution < 1.29 is 19.3 Å². The van der Waals surface area contributed by atoms with Crippen LogP contribution in [0.1, 0.15) is 66.3 Å². The van der Waals surface area contributed by atoms with Gasteiger partial charge in [-0.3, -0.25) is 14.8 Å².